The van der Waals surface area contributed by atoms with E-state index in [1.807, 2.05) is 26.0 Å². The van der Waals surface area contributed by atoms with Crippen molar-refractivity contribution in [1.82, 2.24) is 0 Å². The fourth-order valence-electron chi connectivity index (χ4n) is 3.97. The van der Waals surface area contributed by atoms with E-state index in [9.17, 15) is 40.5 Å². The van der Waals surface area contributed by atoms with E-state index in [2.05, 4.69) is 0 Å². The predicted octanol–water partition coefficient (Wildman–Crippen LogP) is 8.07. The van der Waals surface area contributed by atoms with Crippen LogP contribution in [0, 0.1) is 54.3 Å². The molecular formula is C26H18N4O8S2. The topological polar surface area (TPSA) is 173 Å². The Bertz CT molecular complexity index is 1590. The minimum atomic E-state index is -0.700. The monoisotopic (exact) mass is 578 g/mol. The van der Waals surface area contributed by atoms with Crippen molar-refractivity contribution < 1.29 is 19.7 Å². The van der Waals surface area contributed by atoms with Gasteiger partial charge in [0.15, 0.2) is 0 Å². The van der Waals surface area contributed by atoms with Crippen molar-refractivity contribution in [3.8, 4) is 22.3 Å². The minimum Gasteiger partial charge on any atom is -0.258 e. The highest BCUT2D eigenvalue weighted by Gasteiger charge is 2.25. The van der Waals surface area contributed by atoms with Gasteiger partial charge in [-0.15, -0.1) is 0 Å². The number of aryl methyl sites for hydroxylation is 2. The summed E-state index contributed by atoms with van der Waals surface area (Å²) in [5.41, 5.74) is 1.40. The average molecular weight is 579 g/mol. The number of benzene rings is 4. The molecule has 0 aromatic heterocycles. The Morgan fingerprint density at radius 2 is 0.850 bits per heavy atom. The van der Waals surface area contributed by atoms with Crippen molar-refractivity contribution in [3.05, 3.63) is 124 Å². The molecule has 12 nitrogen and oxygen atoms in total. The molecule has 14 heteroatoms. The van der Waals surface area contributed by atoms with Crippen molar-refractivity contribution in [2.24, 2.45) is 0 Å². The second-order valence-corrected chi connectivity index (χ2v) is 10.8. The van der Waals surface area contributed by atoms with Crippen LogP contribution in [-0.4, -0.2) is 19.7 Å². The van der Waals surface area contributed by atoms with Gasteiger partial charge >= 0.3 is 0 Å². The number of nitro benzene ring substituents is 4. The lowest BCUT2D eigenvalue weighted by Crippen LogP contribution is -1.96. The third-order valence-corrected chi connectivity index (χ3v) is 8.33. The molecule has 0 saturated heterocycles. The first kappa shape index (κ1) is 28.2. The smallest absolute Gasteiger partial charge is 0.258 e. The van der Waals surface area contributed by atoms with Crippen molar-refractivity contribution in [2.45, 2.75) is 23.6 Å². The molecule has 0 spiro atoms. The van der Waals surface area contributed by atoms with Crippen LogP contribution in [0.15, 0.2) is 82.6 Å². The zero-order valence-electron chi connectivity index (χ0n) is 20.8. The van der Waals surface area contributed by atoms with Crippen LogP contribution in [0.1, 0.15) is 11.1 Å². The van der Waals surface area contributed by atoms with Crippen LogP contribution in [0.3, 0.4) is 0 Å². The maximum absolute atomic E-state index is 11.8. The third-order valence-electron chi connectivity index (χ3n) is 5.85. The molecule has 0 bridgehead atoms. The maximum Gasteiger partial charge on any atom is 0.284 e. The fraction of sp³-hybridized carbons (Fsp3) is 0.0769. The molecule has 0 radical (unpaired) electrons. The first-order chi connectivity index (χ1) is 19.0. The molecule has 0 aliphatic carbocycles. The number of nitrogens with zero attached hydrogens (tertiary/aromatic N) is 4. The molecule has 40 heavy (non-hydrogen) atoms. The van der Waals surface area contributed by atoms with Crippen LogP contribution < -0.4 is 0 Å². The number of hydrogen-bond acceptors (Lipinski definition) is 10. The Labute approximate surface area is 234 Å². The van der Waals surface area contributed by atoms with Crippen LogP contribution in [0.25, 0.3) is 22.3 Å². The lowest BCUT2D eigenvalue weighted by Gasteiger charge is -2.13. The van der Waals surface area contributed by atoms with E-state index in [0.29, 0.717) is 20.9 Å². The quantitative estimate of drug-likeness (QED) is 0.107. The highest BCUT2D eigenvalue weighted by Crippen LogP contribution is 2.48. The Morgan fingerprint density at radius 1 is 0.475 bits per heavy atom. The van der Waals surface area contributed by atoms with Crippen molar-refractivity contribution >= 4 is 44.3 Å². The number of hydrogen-bond donors (Lipinski definition) is 0. The van der Waals surface area contributed by atoms with Crippen LogP contribution >= 0.6 is 21.6 Å². The Morgan fingerprint density at radius 3 is 1.18 bits per heavy atom. The van der Waals surface area contributed by atoms with E-state index in [4.69, 9.17) is 0 Å². The summed E-state index contributed by atoms with van der Waals surface area (Å²) in [5, 5.41) is 46.0. The molecular weight excluding hydrogens is 560 g/mol. The van der Waals surface area contributed by atoms with Crippen molar-refractivity contribution in [1.29, 1.82) is 0 Å². The molecule has 4 rings (SSSR count). The zero-order chi connectivity index (χ0) is 29.1. The Balaban J connectivity index is 1.78. The summed E-state index contributed by atoms with van der Waals surface area (Å²) in [6.45, 7) is 3.63. The van der Waals surface area contributed by atoms with Crippen molar-refractivity contribution in [3.63, 3.8) is 0 Å². The highest BCUT2D eigenvalue weighted by atomic mass is 33.1. The highest BCUT2D eigenvalue weighted by molar-refractivity contribution is 8.76. The molecule has 0 heterocycles. The van der Waals surface area contributed by atoms with Crippen LogP contribution in [0.5, 0.6) is 0 Å². The third kappa shape index (κ3) is 5.92. The van der Waals surface area contributed by atoms with Crippen LogP contribution in [0.4, 0.5) is 22.7 Å². The molecule has 0 amide bonds. The summed E-state index contributed by atoms with van der Waals surface area (Å²) < 4.78 is 0. The van der Waals surface area contributed by atoms with Crippen molar-refractivity contribution in [2.75, 3.05) is 0 Å². The van der Waals surface area contributed by atoms with Gasteiger partial charge in [-0.2, -0.15) is 0 Å². The SMILES string of the molecule is Cc1ccc(SSc2ccc(C)cc2-c2ccc([N+](=O)[O-])cc2[N+](=O)[O-])c(-c2ccc([N+](=O)[O-])cc2[N+](=O)[O-])c1. The summed E-state index contributed by atoms with van der Waals surface area (Å²) in [7, 11) is 2.51. The van der Waals surface area contributed by atoms with E-state index < -0.39 is 42.4 Å². The normalized spacial score (nSPS) is 10.8. The zero-order valence-corrected chi connectivity index (χ0v) is 22.4. The van der Waals surface area contributed by atoms with Gasteiger partial charge in [0, 0.05) is 33.1 Å². The largest absolute Gasteiger partial charge is 0.284 e. The summed E-state index contributed by atoms with van der Waals surface area (Å²) in [5.74, 6) is 0. The minimum absolute atomic E-state index is 0.206. The second-order valence-electron chi connectivity index (χ2n) is 8.60. The molecule has 0 unspecified atom stereocenters. The van der Waals surface area contributed by atoms with E-state index >= 15 is 0 Å². The van der Waals surface area contributed by atoms with Gasteiger partial charge in [0.1, 0.15) is 0 Å². The molecule has 4 aromatic rings. The molecule has 4 aromatic carbocycles. The number of rotatable bonds is 9. The van der Waals surface area contributed by atoms with Crippen LogP contribution in [-0.2, 0) is 0 Å². The lowest BCUT2D eigenvalue weighted by molar-refractivity contribution is -0.394. The van der Waals surface area contributed by atoms with Gasteiger partial charge in [0.25, 0.3) is 22.7 Å². The first-order valence-electron chi connectivity index (χ1n) is 11.4. The summed E-state index contributed by atoms with van der Waals surface area (Å²) in [6.07, 6.45) is 0. The molecule has 0 aliphatic heterocycles. The Kier molecular flexibility index (Phi) is 8.11. The molecule has 0 N–H and O–H groups in total. The molecule has 0 fully saturated rings. The fourth-order valence-corrected chi connectivity index (χ4v) is 6.32. The first-order valence-corrected chi connectivity index (χ1v) is 13.5. The van der Waals surface area contributed by atoms with Gasteiger partial charge in [0.05, 0.1) is 43.0 Å². The number of nitro groups is 4. The molecule has 202 valence electrons. The average Bonchev–Trinajstić information content (AvgIpc) is 2.92. The predicted molar refractivity (Wildman–Crippen MR) is 152 cm³/mol. The van der Waals surface area contributed by atoms with E-state index in [1.54, 1.807) is 24.3 Å². The van der Waals surface area contributed by atoms with E-state index in [0.717, 1.165) is 23.3 Å². The summed E-state index contributed by atoms with van der Waals surface area (Å²) in [4.78, 5) is 44.5. The second kappa shape index (κ2) is 11.5. The Hall–Kier alpha value is -4.82. The van der Waals surface area contributed by atoms with Gasteiger partial charge in [0.2, 0.25) is 0 Å². The van der Waals surface area contributed by atoms with Gasteiger partial charge in [-0.3, -0.25) is 40.5 Å². The van der Waals surface area contributed by atoms with Gasteiger partial charge < -0.3 is 0 Å². The van der Waals surface area contributed by atoms with E-state index in [-0.39, 0.29) is 11.1 Å². The summed E-state index contributed by atoms with van der Waals surface area (Å²) >= 11 is 0. The van der Waals surface area contributed by atoms with E-state index in [1.165, 1.54) is 45.9 Å². The summed E-state index contributed by atoms with van der Waals surface area (Å²) in [6, 6.07) is 17.6. The maximum atomic E-state index is 11.8. The van der Waals surface area contributed by atoms with Gasteiger partial charge in [-0.05, 0) is 38.1 Å². The van der Waals surface area contributed by atoms with Gasteiger partial charge in [-0.25, -0.2) is 0 Å². The molecule has 0 saturated carbocycles. The molecule has 0 atom stereocenters. The lowest BCUT2D eigenvalue weighted by atomic mass is 10.0. The van der Waals surface area contributed by atoms with Crippen LogP contribution in [0.2, 0.25) is 0 Å². The molecule has 0 aliphatic rings. The number of non-ortho nitro benzene ring substituents is 2. The van der Waals surface area contributed by atoms with Gasteiger partial charge in [-0.1, -0.05) is 57.0 Å². The standard InChI is InChI=1S/C26H18N4O8S2/c1-15-3-9-25(21(11-15)19-7-5-17(27(31)32)13-23(19)29(35)36)39-40-26-10-4-16(2)12-22(26)20-8-6-18(28(33)34)14-24(20)30(37)38/h3-14H,1-2H3.